The van der Waals surface area contributed by atoms with E-state index in [0.717, 1.165) is 11.9 Å². The summed E-state index contributed by atoms with van der Waals surface area (Å²) in [5, 5.41) is 0. The van der Waals surface area contributed by atoms with Crippen LogP contribution in [0.2, 0.25) is 0 Å². The topological polar surface area (TPSA) is 51.2 Å². The molecule has 1 aromatic carbocycles. The molecule has 0 atom stereocenters. The summed E-state index contributed by atoms with van der Waals surface area (Å²) < 4.78 is 23.8. The van der Waals surface area contributed by atoms with Crippen LogP contribution >= 0.6 is 0 Å². The minimum absolute atomic E-state index is 0.0122. The molecule has 0 amide bonds. The standard InChI is InChI=1S/C13H16O3S/c1-12(6-5-10-14)9-11-17(15,16)13-7-3-2-4-8-13/h2-4,7-10H,5-6,11H2,1H3/b12-9+. The van der Waals surface area contributed by atoms with Gasteiger partial charge < -0.3 is 4.79 Å². The van der Waals surface area contributed by atoms with E-state index in [1.807, 2.05) is 6.92 Å². The first kappa shape index (κ1) is 13.6. The third-order valence-corrected chi connectivity index (χ3v) is 4.01. The zero-order chi connectivity index (χ0) is 12.7. The normalized spacial score (nSPS) is 12.4. The highest BCUT2D eigenvalue weighted by Gasteiger charge is 2.11. The number of carbonyl (C=O) groups is 1. The van der Waals surface area contributed by atoms with Gasteiger partial charge >= 0.3 is 0 Å². The van der Waals surface area contributed by atoms with Crippen LogP contribution in [0.4, 0.5) is 0 Å². The van der Waals surface area contributed by atoms with Crippen LogP contribution in [-0.4, -0.2) is 20.5 Å². The van der Waals surface area contributed by atoms with Gasteiger partial charge in [-0.2, -0.15) is 0 Å². The SMILES string of the molecule is C/C(=C\CS(=O)(=O)c1ccccc1)CCC=O. The summed E-state index contributed by atoms with van der Waals surface area (Å²) >= 11 is 0. The maximum absolute atomic E-state index is 11.9. The molecule has 0 saturated heterocycles. The van der Waals surface area contributed by atoms with E-state index >= 15 is 0 Å². The van der Waals surface area contributed by atoms with Gasteiger partial charge in [0.2, 0.25) is 0 Å². The molecule has 0 N–H and O–H groups in total. The number of benzene rings is 1. The smallest absolute Gasteiger partial charge is 0.181 e. The molecule has 0 aliphatic rings. The van der Waals surface area contributed by atoms with Crippen LogP contribution < -0.4 is 0 Å². The largest absolute Gasteiger partial charge is 0.303 e. The average Bonchev–Trinajstić information content (AvgIpc) is 2.35. The van der Waals surface area contributed by atoms with Gasteiger partial charge in [0, 0.05) is 6.42 Å². The van der Waals surface area contributed by atoms with Gasteiger partial charge in [-0.25, -0.2) is 8.42 Å². The van der Waals surface area contributed by atoms with E-state index in [1.54, 1.807) is 36.4 Å². The van der Waals surface area contributed by atoms with Crippen LogP contribution in [0.25, 0.3) is 0 Å². The summed E-state index contributed by atoms with van der Waals surface area (Å²) in [6.07, 6.45) is 3.57. The van der Waals surface area contributed by atoms with Crippen LogP contribution in [0, 0.1) is 0 Å². The maximum atomic E-state index is 11.9. The summed E-state index contributed by atoms with van der Waals surface area (Å²) in [6.45, 7) is 1.84. The van der Waals surface area contributed by atoms with Crippen molar-refractivity contribution in [2.45, 2.75) is 24.7 Å². The van der Waals surface area contributed by atoms with Gasteiger partial charge in [-0.15, -0.1) is 0 Å². The highest BCUT2D eigenvalue weighted by atomic mass is 32.2. The highest BCUT2D eigenvalue weighted by Crippen LogP contribution is 2.12. The average molecular weight is 252 g/mol. The lowest BCUT2D eigenvalue weighted by molar-refractivity contribution is -0.107. The van der Waals surface area contributed by atoms with Gasteiger partial charge in [0.15, 0.2) is 9.84 Å². The quantitative estimate of drug-likeness (QED) is 0.577. The molecular weight excluding hydrogens is 236 g/mol. The molecule has 17 heavy (non-hydrogen) atoms. The van der Waals surface area contributed by atoms with Crippen molar-refractivity contribution in [1.82, 2.24) is 0 Å². The van der Waals surface area contributed by atoms with Crippen molar-refractivity contribution >= 4 is 16.1 Å². The Bertz CT molecular complexity index is 487. The van der Waals surface area contributed by atoms with Crippen LogP contribution in [0.5, 0.6) is 0 Å². The second-order valence-electron chi connectivity index (χ2n) is 3.85. The van der Waals surface area contributed by atoms with E-state index < -0.39 is 9.84 Å². The van der Waals surface area contributed by atoms with Gasteiger partial charge in [-0.3, -0.25) is 0 Å². The van der Waals surface area contributed by atoms with E-state index in [0.29, 0.717) is 17.7 Å². The molecule has 0 fully saturated rings. The Kier molecular flexibility index (Phi) is 5.10. The number of hydrogen-bond donors (Lipinski definition) is 0. The Morgan fingerprint density at radius 1 is 1.24 bits per heavy atom. The molecular formula is C13H16O3S. The van der Waals surface area contributed by atoms with Gasteiger partial charge in [-0.05, 0) is 25.5 Å². The number of carbonyl (C=O) groups excluding carboxylic acids is 1. The fourth-order valence-electron chi connectivity index (χ4n) is 1.36. The molecule has 0 saturated carbocycles. The number of rotatable bonds is 6. The molecule has 0 radical (unpaired) electrons. The summed E-state index contributed by atoms with van der Waals surface area (Å²) in [5.41, 5.74) is 0.927. The third kappa shape index (κ3) is 4.53. The van der Waals surface area contributed by atoms with Crippen molar-refractivity contribution in [2.24, 2.45) is 0 Å². The molecule has 1 rings (SSSR count). The summed E-state index contributed by atoms with van der Waals surface area (Å²) in [5.74, 6) is -0.0122. The Labute approximate surface area is 102 Å². The molecule has 4 heteroatoms. The molecule has 0 unspecified atom stereocenters. The van der Waals surface area contributed by atoms with E-state index in [-0.39, 0.29) is 5.75 Å². The molecule has 0 heterocycles. The molecule has 0 aliphatic carbocycles. The number of allylic oxidation sites excluding steroid dienone is 1. The predicted molar refractivity (Wildman–Crippen MR) is 67.5 cm³/mol. The van der Waals surface area contributed by atoms with Crippen molar-refractivity contribution in [3.05, 3.63) is 42.0 Å². The fraction of sp³-hybridized carbons (Fsp3) is 0.308. The summed E-state index contributed by atoms with van der Waals surface area (Å²) in [7, 11) is -3.25. The van der Waals surface area contributed by atoms with Gasteiger partial charge in [0.1, 0.15) is 6.29 Å². The van der Waals surface area contributed by atoms with Gasteiger partial charge in [0.05, 0.1) is 10.6 Å². The molecule has 0 spiro atoms. The molecule has 92 valence electrons. The van der Waals surface area contributed by atoms with Crippen LogP contribution in [-0.2, 0) is 14.6 Å². The summed E-state index contributed by atoms with van der Waals surface area (Å²) in [4.78, 5) is 10.5. The van der Waals surface area contributed by atoms with E-state index in [2.05, 4.69) is 0 Å². The number of hydrogen-bond acceptors (Lipinski definition) is 3. The zero-order valence-corrected chi connectivity index (χ0v) is 10.6. The molecule has 3 nitrogen and oxygen atoms in total. The summed E-state index contributed by atoms with van der Waals surface area (Å²) in [6, 6.07) is 8.36. The predicted octanol–water partition coefficient (Wildman–Crippen LogP) is 2.39. The van der Waals surface area contributed by atoms with E-state index in [9.17, 15) is 13.2 Å². The Balaban J connectivity index is 2.72. The fourth-order valence-corrected chi connectivity index (χ4v) is 2.63. The van der Waals surface area contributed by atoms with Crippen molar-refractivity contribution in [2.75, 3.05) is 5.75 Å². The highest BCUT2D eigenvalue weighted by molar-refractivity contribution is 7.91. The first-order chi connectivity index (χ1) is 8.06. The first-order valence-corrected chi connectivity index (χ1v) is 7.08. The number of sulfone groups is 1. The molecule has 1 aromatic rings. The van der Waals surface area contributed by atoms with Crippen molar-refractivity contribution in [3.8, 4) is 0 Å². The maximum Gasteiger partial charge on any atom is 0.181 e. The zero-order valence-electron chi connectivity index (χ0n) is 9.80. The monoisotopic (exact) mass is 252 g/mol. The Hall–Kier alpha value is -1.42. The van der Waals surface area contributed by atoms with E-state index in [4.69, 9.17) is 0 Å². The lowest BCUT2D eigenvalue weighted by Crippen LogP contribution is -2.04. The van der Waals surface area contributed by atoms with Gasteiger partial charge in [-0.1, -0.05) is 29.8 Å². The van der Waals surface area contributed by atoms with Crippen LogP contribution in [0.3, 0.4) is 0 Å². The minimum Gasteiger partial charge on any atom is -0.303 e. The molecule has 0 aliphatic heterocycles. The Morgan fingerprint density at radius 3 is 2.47 bits per heavy atom. The van der Waals surface area contributed by atoms with E-state index in [1.165, 1.54) is 0 Å². The first-order valence-electron chi connectivity index (χ1n) is 5.43. The second-order valence-corrected chi connectivity index (χ2v) is 5.88. The van der Waals surface area contributed by atoms with Crippen LogP contribution in [0.15, 0.2) is 46.9 Å². The van der Waals surface area contributed by atoms with Gasteiger partial charge in [0.25, 0.3) is 0 Å². The van der Waals surface area contributed by atoms with Crippen molar-refractivity contribution in [3.63, 3.8) is 0 Å². The Morgan fingerprint density at radius 2 is 1.88 bits per heavy atom. The minimum atomic E-state index is -3.25. The molecule has 0 aromatic heterocycles. The number of aldehydes is 1. The third-order valence-electron chi connectivity index (χ3n) is 2.41. The second kappa shape index (κ2) is 6.35. The van der Waals surface area contributed by atoms with Crippen molar-refractivity contribution in [1.29, 1.82) is 0 Å². The van der Waals surface area contributed by atoms with Crippen LogP contribution in [0.1, 0.15) is 19.8 Å². The molecule has 0 bridgehead atoms. The lowest BCUT2D eigenvalue weighted by atomic mass is 10.2. The van der Waals surface area contributed by atoms with Crippen molar-refractivity contribution < 1.29 is 13.2 Å². The lowest BCUT2D eigenvalue weighted by Gasteiger charge is -2.02.